The van der Waals surface area contributed by atoms with Crippen molar-refractivity contribution < 1.29 is 9.59 Å². The first kappa shape index (κ1) is 20.9. The lowest BCUT2D eigenvalue weighted by atomic mass is 10.1. The average Bonchev–Trinajstić information content (AvgIpc) is 2.78. The molecule has 0 saturated heterocycles. The maximum absolute atomic E-state index is 12.7. The van der Waals surface area contributed by atoms with Gasteiger partial charge in [-0.25, -0.2) is 0 Å². The van der Waals surface area contributed by atoms with Crippen LogP contribution in [0.1, 0.15) is 21.5 Å². The molecule has 156 valence electrons. The van der Waals surface area contributed by atoms with Gasteiger partial charge in [0.15, 0.2) is 0 Å². The Balaban J connectivity index is 1.46. The molecule has 0 atom stereocenters. The molecule has 1 aliphatic rings. The third kappa shape index (κ3) is 5.05. The van der Waals surface area contributed by atoms with Crippen molar-refractivity contribution in [3.8, 4) is 0 Å². The quantitative estimate of drug-likeness (QED) is 0.520. The Labute approximate surface area is 189 Å². The van der Waals surface area contributed by atoms with Gasteiger partial charge in [-0.15, -0.1) is 0 Å². The zero-order valence-electron chi connectivity index (χ0n) is 16.3. The van der Waals surface area contributed by atoms with E-state index in [0.29, 0.717) is 40.0 Å². The molecule has 0 saturated carbocycles. The maximum atomic E-state index is 12.7. The molecule has 0 unspecified atom stereocenters. The summed E-state index contributed by atoms with van der Waals surface area (Å²) in [5.41, 5.74) is 3.91. The first-order valence-electron chi connectivity index (χ1n) is 9.51. The van der Waals surface area contributed by atoms with E-state index in [4.69, 9.17) is 23.2 Å². The maximum Gasteiger partial charge on any atom is 0.253 e. The first-order valence-corrected chi connectivity index (χ1v) is 10.3. The van der Waals surface area contributed by atoms with E-state index in [2.05, 4.69) is 20.9 Å². The van der Waals surface area contributed by atoms with Crippen molar-refractivity contribution in [2.24, 2.45) is 0 Å². The third-order valence-electron chi connectivity index (χ3n) is 4.76. The molecule has 1 aromatic heterocycles. The van der Waals surface area contributed by atoms with Gasteiger partial charge < -0.3 is 16.0 Å². The number of fused-ring (bicyclic) bond motifs is 1. The second-order valence-corrected chi connectivity index (χ2v) is 7.79. The fraction of sp³-hybridized carbons (Fsp3) is 0.0870. The van der Waals surface area contributed by atoms with Gasteiger partial charge in [0.05, 0.1) is 10.7 Å². The number of carbonyl (C=O) groups excluding carboxylic acids is 2. The number of nitrogens with zero attached hydrogens (tertiary/aromatic N) is 1. The zero-order valence-corrected chi connectivity index (χ0v) is 17.8. The number of nitrogens with one attached hydrogen (secondary N) is 3. The Kier molecular flexibility index (Phi) is 6.21. The number of pyridine rings is 1. The number of aromatic nitrogens is 1. The third-order valence-corrected chi connectivity index (χ3v) is 5.33. The summed E-state index contributed by atoms with van der Waals surface area (Å²) < 4.78 is 0. The predicted octanol–water partition coefficient (Wildman–Crippen LogP) is 4.77. The summed E-state index contributed by atoms with van der Waals surface area (Å²) in [4.78, 5) is 29.4. The van der Waals surface area contributed by atoms with Gasteiger partial charge in [0.2, 0.25) is 0 Å². The number of benzene rings is 2. The molecule has 2 aromatic carbocycles. The number of hydrogen-bond acceptors (Lipinski definition) is 4. The van der Waals surface area contributed by atoms with E-state index in [1.807, 2.05) is 18.2 Å². The second-order valence-electron chi connectivity index (χ2n) is 6.95. The molecule has 4 rings (SSSR count). The van der Waals surface area contributed by atoms with E-state index in [9.17, 15) is 9.59 Å². The lowest BCUT2D eigenvalue weighted by Gasteiger charge is -2.18. The summed E-state index contributed by atoms with van der Waals surface area (Å²) >= 11 is 12.2. The van der Waals surface area contributed by atoms with Crippen molar-refractivity contribution in [3.63, 3.8) is 0 Å². The van der Waals surface area contributed by atoms with Crippen LogP contribution in [-0.2, 0) is 11.3 Å². The molecule has 31 heavy (non-hydrogen) atoms. The average molecular weight is 453 g/mol. The van der Waals surface area contributed by atoms with Gasteiger partial charge in [0, 0.05) is 52.9 Å². The summed E-state index contributed by atoms with van der Waals surface area (Å²) in [5, 5.41) is 9.75. The first-order chi connectivity index (χ1) is 15.0. The fourth-order valence-electron chi connectivity index (χ4n) is 3.15. The van der Waals surface area contributed by atoms with Crippen molar-refractivity contribution in [3.05, 3.63) is 93.2 Å². The topological polar surface area (TPSA) is 83.1 Å². The summed E-state index contributed by atoms with van der Waals surface area (Å²) in [6.45, 7) is 0.704. The molecule has 3 aromatic rings. The molecule has 0 spiro atoms. The Morgan fingerprint density at radius 3 is 2.77 bits per heavy atom. The number of halogens is 2. The molecule has 1 aliphatic heterocycles. The largest absolute Gasteiger partial charge is 0.380 e. The SMILES string of the molecule is O=C(Nc1cc(C(=O)NCc2cccc(Cl)c2)ccc1Cl)C1=Cc2cnccc2NC1. The number of hydrogen-bond donors (Lipinski definition) is 3. The molecule has 0 fully saturated rings. The highest BCUT2D eigenvalue weighted by molar-refractivity contribution is 6.34. The summed E-state index contributed by atoms with van der Waals surface area (Å²) in [7, 11) is 0. The molecule has 0 bridgehead atoms. The fourth-order valence-corrected chi connectivity index (χ4v) is 3.53. The summed E-state index contributed by atoms with van der Waals surface area (Å²) in [5.74, 6) is -0.592. The van der Waals surface area contributed by atoms with Gasteiger partial charge in [-0.2, -0.15) is 0 Å². The van der Waals surface area contributed by atoms with Gasteiger partial charge in [0.25, 0.3) is 11.8 Å². The van der Waals surface area contributed by atoms with Crippen LogP contribution < -0.4 is 16.0 Å². The summed E-state index contributed by atoms with van der Waals surface area (Å²) in [6.07, 6.45) is 5.16. The van der Waals surface area contributed by atoms with Crippen molar-refractivity contribution >= 4 is 52.5 Å². The van der Waals surface area contributed by atoms with E-state index in [0.717, 1.165) is 16.8 Å². The van der Waals surface area contributed by atoms with Crippen LogP contribution in [0.15, 0.2) is 66.5 Å². The van der Waals surface area contributed by atoms with Crippen molar-refractivity contribution in [1.29, 1.82) is 0 Å². The molecular weight excluding hydrogens is 435 g/mol. The van der Waals surface area contributed by atoms with E-state index in [1.54, 1.807) is 48.8 Å². The molecule has 2 amide bonds. The minimum absolute atomic E-state index is 0.286. The highest BCUT2D eigenvalue weighted by Gasteiger charge is 2.17. The minimum Gasteiger partial charge on any atom is -0.380 e. The number of carbonyl (C=O) groups is 2. The monoisotopic (exact) mass is 452 g/mol. The highest BCUT2D eigenvalue weighted by atomic mass is 35.5. The lowest BCUT2D eigenvalue weighted by Crippen LogP contribution is -2.24. The smallest absolute Gasteiger partial charge is 0.253 e. The van der Waals surface area contributed by atoms with Gasteiger partial charge in [0.1, 0.15) is 0 Å². The molecule has 2 heterocycles. The Morgan fingerprint density at radius 1 is 1.06 bits per heavy atom. The number of rotatable bonds is 5. The molecular formula is C23H18Cl2N4O2. The molecule has 0 aliphatic carbocycles. The van der Waals surface area contributed by atoms with Crippen molar-refractivity contribution in [1.82, 2.24) is 10.3 Å². The zero-order chi connectivity index (χ0) is 21.8. The van der Waals surface area contributed by atoms with Gasteiger partial charge >= 0.3 is 0 Å². The minimum atomic E-state index is -0.305. The Bertz CT molecular complexity index is 1190. The number of amides is 2. The lowest BCUT2D eigenvalue weighted by molar-refractivity contribution is -0.112. The van der Waals surface area contributed by atoms with E-state index >= 15 is 0 Å². The van der Waals surface area contributed by atoms with E-state index in [1.165, 1.54) is 0 Å². The van der Waals surface area contributed by atoms with Crippen LogP contribution >= 0.6 is 23.2 Å². The van der Waals surface area contributed by atoms with Crippen molar-refractivity contribution in [2.45, 2.75) is 6.54 Å². The van der Waals surface area contributed by atoms with Crippen LogP contribution in [0.25, 0.3) is 6.08 Å². The standard InChI is InChI=1S/C23H18Cl2N4O2/c24-18-3-1-2-14(8-18)11-28-22(30)15-4-5-19(25)21(10-15)29-23(31)17-9-16-12-26-7-6-20(16)27-13-17/h1-10,12,27H,11,13H2,(H,28,30)(H,29,31). The van der Waals surface area contributed by atoms with Gasteiger partial charge in [-0.05, 0) is 48.0 Å². The normalized spacial score (nSPS) is 12.3. The van der Waals surface area contributed by atoms with Crippen LogP contribution in [0.4, 0.5) is 11.4 Å². The van der Waals surface area contributed by atoms with Crippen LogP contribution in [0.2, 0.25) is 10.0 Å². The Morgan fingerprint density at radius 2 is 1.94 bits per heavy atom. The van der Waals surface area contributed by atoms with E-state index < -0.39 is 0 Å². The second kappa shape index (κ2) is 9.20. The van der Waals surface area contributed by atoms with Gasteiger partial charge in [-0.3, -0.25) is 14.6 Å². The van der Waals surface area contributed by atoms with Crippen LogP contribution in [0.5, 0.6) is 0 Å². The highest BCUT2D eigenvalue weighted by Crippen LogP contribution is 2.26. The van der Waals surface area contributed by atoms with E-state index in [-0.39, 0.29) is 11.8 Å². The van der Waals surface area contributed by atoms with Crippen LogP contribution in [0, 0.1) is 0 Å². The molecule has 8 heteroatoms. The van der Waals surface area contributed by atoms with Crippen LogP contribution in [0.3, 0.4) is 0 Å². The van der Waals surface area contributed by atoms with Gasteiger partial charge in [-0.1, -0.05) is 35.3 Å². The molecule has 6 nitrogen and oxygen atoms in total. The summed E-state index contributed by atoms with van der Waals surface area (Å²) in [6, 6.07) is 13.8. The van der Waals surface area contributed by atoms with Crippen molar-refractivity contribution in [2.75, 3.05) is 17.2 Å². The van der Waals surface area contributed by atoms with Crippen LogP contribution in [-0.4, -0.2) is 23.3 Å². The number of anilines is 2. The predicted molar refractivity (Wildman–Crippen MR) is 123 cm³/mol. The molecule has 3 N–H and O–H groups in total. The molecule has 0 radical (unpaired) electrons. The Hall–Kier alpha value is -3.35.